The maximum absolute atomic E-state index is 12.8. The number of hydrogen-bond donors (Lipinski definition) is 0. The summed E-state index contributed by atoms with van der Waals surface area (Å²) in [5.74, 6) is -0.526. The van der Waals surface area contributed by atoms with Crippen molar-refractivity contribution in [3.05, 3.63) is 48.0 Å². The van der Waals surface area contributed by atoms with Crippen molar-refractivity contribution in [2.45, 2.75) is 37.2 Å². The van der Waals surface area contributed by atoms with Crippen LogP contribution >= 0.6 is 0 Å². The minimum atomic E-state index is -3.49. The van der Waals surface area contributed by atoms with E-state index in [1.54, 1.807) is 12.1 Å². The lowest BCUT2D eigenvalue weighted by atomic mass is 10.1. The smallest absolute Gasteiger partial charge is 0.316 e. The minimum Gasteiger partial charge on any atom is -0.460 e. The molecule has 0 bridgehead atoms. The summed E-state index contributed by atoms with van der Waals surface area (Å²) in [6.45, 7) is 2.76. The van der Waals surface area contributed by atoms with Crippen LogP contribution in [0, 0.1) is 5.82 Å². The third-order valence-corrected chi connectivity index (χ3v) is 6.15. The molecule has 1 aliphatic heterocycles. The molecule has 0 N–H and O–H groups in total. The van der Waals surface area contributed by atoms with Crippen molar-refractivity contribution in [2.24, 2.45) is 0 Å². The molecule has 1 aliphatic rings. The molecular formula is C17H20FN3O3S. The molecule has 25 heavy (non-hydrogen) atoms. The lowest BCUT2D eigenvalue weighted by molar-refractivity contribution is 0.124. The van der Waals surface area contributed by atoms with Crippen LogP contribution in [-0.2, 0) is 16.4 Å². The largest absolute Gasteiger partial charge is 0.460 e. The molecule has 3 rings (SSSR count). The zero-order chi connectivity index (χ0) is 17.9. The fourth-order valence-corrected chi connectivity index (χ4v) is 4.22. The second kappa shape index (κ2) is 7.45. The van der Waals surface area contributed by atoms with Gasteiger partial charge in [0.05, 0.1) is 17.3 Å². The molecule has 0 amide bonds. The van der Waals surface area contributed by atoms with Gasteiger partial charge in [0.25, 0.3) is 0 Å². The van der Waals surface area contributed by atoms with Gasteiger partial charge in [-0.25, -0.2) is 22.8 Å². The van der Waals surface area contributed by atoms with Gasteiger partial charge in [-0.2, -0.15) is 4.31 Å². The van der Waals surface area contributed by atoms with Crippen LogP contribution in [0.25, 0.3) is 0 Å². The molecule has 1 aromatic carbocycles. The van der Waals surface area contributed by atoms with Gasteiger partial charge >= 0.3 is 6.01 Å². The molecule has 2 heterocycles. The number of hydrogen-bond acceptors (Lipinski definition) is 5. The zero-order valence-corrected chi connectivity index (χ0v) is 14.7. The third-order valence-electron chi connectivity index (χ3n) is 4.24. The predicted molar refractivity (Wildman–Crippen MR) is 90.2 cm³/mol. The number of sulfonamides is 1. The molecule has 0 radical (unpaired) electrons. The van der Waals surface area contributed by atoms with E-state index >= 15 is 0 Å². The van der Waals surface area contributed by atoms with Crippen molar-refractivity contribution in [3.8, 4) is 6.01 Å². The Morgan fingerprint density at radius 1 is 1.16 bits per heavy atom. The molecule has 6 nitrogen and oxygen atoms in total. The number of piperidine rings is 1. The lowest BCUT2D eigenvalue weighted by Crippen LogP contribution is -2.41. The Labute approximate surface area is 146 Å². The van der Waals surface area contributed by atoms with E-state index in [1.165, 1.54) is 4.31 Å². The van der Waals surface area contributed by atoms with Gasteiger partial charge in [-0.15, -0.1) is 0 Å². The number of aryl methyl sites for hydroxylation is 1. The van der Waals surface area contributed by atoms with Gasteiger partial charge in [-0.1, -0.05) is 19.1 Å². The van der Waals surface area contributed by atoms with E-state index in [9.17, 15) is 12.8 Å². The van der Waals surface area contributed by atoms with E-state index in [2.05, 4.69) is 9.97 Å². The second-order valence-electron chi connectivity index (χ2n) is 5.90. The first-order chi connectivity index (χ1) is 12.0. The Hall–Kier alpha value is -2.06. The normalized spacial score (nSPS) is 16.7. The van der Waals surface area contributed by atoms with Gasteiger partial charge in [0.15, 0.2) is 5.82 Å². The minimum absolute atomic E-state index is 0.109. The molecule has 0 unspecified atom stereocenters. The summed E-state index contributed by atoms with van der Waals surface area (Å²) in [6.07, 6.45) is 3.84. The monoisotopic (exact) mass is 365 g/mol. The van der Waals surface area contributed by atoms with Gasteiger partial charge in [0, 0.05) is 13.1 Å². The first-order valence-corrected chi connectivity index (χ1v) is 9.66. The van der Waals surface area contributed by atoms with Crippen LogP contribution < -0.4 is 4.74 Å². The van der Waals surface area contributed by atoms with Gasteiger partial charge in [-0.05, 0) is 37.0 Å². The van der Waals surface area contributed by atoms with E-state index in [0.29, 0.717) is 30.8 Å². The Bertz CT molecular complexity index is 802. The maximum Gasteiger partial charge on any atom is 0.316 e. The molecule has 0 spiro atoms. The van der Waals surface area contributed by atoms with E-state index in [0.717, 1.165) is 24.4 Å². The molecule has 1 fully saturated rings. The first kappa shape index (κ1) is 17.8. The van der Waals surface area contributed by atoms with Crippen molar-refractivity contribution in [1.82, 2.24) is 14.3 Å². The van der Waals surface area contributed by atoms with Crippen molar-refractivity contribution in [3.63, 3.8) is 0 Å². The summed E-state index contributed by atoms with van der Waals surface area (Å²) < 4.78 is 45.3. The third kappa shape index (κ3) is 4.13. The highest BCUT2D eigenvalue weighted by Gasteiger charge is 2.30. The van der Waals surface area contributed by atoms with Gasteiger partial charge in [-0.3, -0.25) is 0 Å². The van der Waals surface area contributed by atoms with Crippen molar-refractivity contribution in [1.29, 1.82) is 0 Å². The quantitative estimate of drug-likeness (QED) is 0.814. The molecular weight excluding hydrogens is 345 g/mol. The number of aromatic nitrogens is 2. The zero-order valence-electron chi connectivity index (χ0n) is 13.9. The number of rotatable bonds is 5. The summed E-state index contributed by atoms with van der Waals surface area (Å²) in [7, 11) is -3.49. The number of nitrogens with zero attached hydrogens (tertiary/aromatic N) is 3. The SMILES string of the molecule is CCc1ccc(S(=O)(=O)N2CCC(Oc3ncc(F)cn3)CC2)cc1. The number of ether oxygens (including phenoxy) is 1. The second-order valence-corrected chi connectivity index (χ2v) is 7.84. The van der Waals surface area contributed by atoms with Crippen molar-refractivity contribution in [2.75, 3.05) is 13.1 Å². The summed E-state index contributed by atoms with van der Waals surface area (Å²) >= 11 is 0. The molecule has 1 saturated heterocycles. The van der Waals surface area contributed by atoms with Gasteiger partial charge in [0.2, 0.25) is 10.0 Å². The molecule has 0 atom stereocenters. The van der Waals surface area contributed by atoms with Crippen LogP contribution in [0.15, 0.2) is 41.6 Å². The number of benzene rings is 1. The fraction of sp³-hybridized carbons (Fsp3) is 0.412. The van der Waals surface area contributed by atoms with Crippen LogP contribution in [-0.4, -0.2) is 41.9 Å². The highest BCUT2D eigenvalue weighted by Crippen LogP contribution is 2.23. The van der Waals surface area contributed by atoms with Crippen LogP contribution in [0.3, 0.4) is 0 Å². The van der Waals surface area contributed by atoms with Crippen LogP contribution in [0.1, 0.15) is 25.3 Å². The maximum atomic E-state index is 12.8. The summed E-state index contributed by atoms with van der Waals surface area (Å²) in [5, 5.41) is 0. The summed E-state index contributed by atoms with van der Waals surface area (Å²) in [4.78, 5) is 7.84. The summed E-state index contributed by atoms with van der Waals surface area (Å²) in [6, 6.07) is 7.10. The van der Waals surface area contributed by atoms with Crippen LogP contribution in [0.2, 0.25) is 0 Å². The Morgan fingerprint density at radius 3 is 2.32 bits per heavy atom. The standard InChI is InChI=1S/C17H20FN3O3S/c1-2-13-3-5-16(6-4-13)25(22,23)21-9-7-15(8-10-21)24-17-19-11-14(18)12-20-17/h3-6,11-12,15H,2,7-10H2,1H3. The van der Waals surface area contributed by atoms with E-state index < -0.39 is 15.8 Å². The van der Waals surface area contributed by atoms with Crippen LogP contribution in [0.5, 0.6) is 6.01 Å². The van der Waals surface area contributed by atoms with Gasteiger partial charge < -0.3 is 4.74 Å². The predicted octanol–water partition coefficient (Wildman–Crippen LogP) is 2.41. The molecule has 134 valence electrons. The molecule has 1 aromatic heterocycles. The first-order valence-electron chi connectivity index (χ1n) is 8.22. The highest BCUT2D eigenvalue weighted by molar-refractivity contribution is 7.89. The van der Waals surface area contributed by atoms with E-state index in [4.69, 9.17) is 4.74 Å². The Balaban J connectivity index is 1.61. The molecule has 0 saturated carbocycles. The van der Waals surface area contributed by atoms with Crippen LogP contribution in [0.4, 0.5) is 4.39 Å². The lowest BCUT2D eigenvalue weighted by Gasteiger charge is -2.30. The Morgan fingerprint density at radius 2 is 1.76 bits per heavy atom. The number of halogens is 1. The molecule has 0 aliphatic carbocycles. The summed E-state index contributed by atoms with van der Waals surface area (Å²) in [5.41, 5.74) is 1.10. The topological polar surface area (TPSA) is 72.4 Å². The molecule has 2 aromatic rings. The highest BCUT2D eigenvalue weighted by atomic mass is 32.2. The van der Waals surface area contributed by atoms with Crippen molar-refractivity contribution < 1.29 is 17.5 Å². The Kier molecular flexibility index (Phi) is 5.29. The van der Waals surface area contributed by atoms with Gasteiger partial charge in [0.1, 0.15) is 6.10 Å². The molecule has 8 heteroatoms. The average molecular weight is 365 g/mol. The van der Waals surface area contributed by atoms with Crippen molar-refractivity contribution >= 4 is 10.0 Å². The van der Waals surface area contributed by atoms with E-state index in [1.807, 2.05) is 19.1 Å². The fourth-order valence-electron chi connectivity index (χ4n) is 2.75. The average Bonchev–Trinajstić information content (AvgIpc) is 2.64. The van der Waals surface area contributed by atoms with E-state index in [-0.39, 0.29) is 12.1 Å².